The number of nitrogens with one attached hydrogen (secondary N) is 3. The predicted octanol–water partition coefficient (Wildman–Crippen LogP) is 0.366. The Morgan fingerprint density at radius 3 is 2.74 bits per heavy atom. The molecule has 4 amide bonds. The molecule has 1 atom stereocenters. The van der Waals surface area contributed by atoms with E-state index in [9.17, 15) is 18.8 Å². The highest BCUT2D eigenvalue weighted by Gasteiger charge is 2.31. The molecule has 8 heteroatoms. The maximum atomic E-state index is 13.2. The van der Waals surface area contributed by atoms with Crippen LogP contribution in [0.4, 0.5) is 14.9 Å². The number of halogens is 1. The molecule has 1 aliphatic rings. The van der Waals surface area contributed by atoms with E-state index in [-0.39, 0.29) is 24.3 Å². The van der Waals surface area contributed by atoms with Crippen LogP contribution in [0.25, 0.3) is 0 Å². The zero-order valence-corrected chi connectivity index (χ0v) is 12.8. The van der Waals surface area contributed by atoms with Crippen LogP contribution in [0.1, 0.15) is 13.3 Å². The molecule has 2 rings (SSSR count). The molecule has 23 heavy (non-hydrogen) atoms. The molecule has 0 saturated carbocycles. The molecule has 0 radical (unpaired) electrons. The van der Waals surface area contributed by atoms with Gasteiger partial charge >= 0.3 is 6.03 Å². The summed E-state index contributed by atoms with van der Waals surface area (Å²) >= 11 is 0. The topological polar surface area (TPSA) is 90.5 Å². The molecule has 3 N–H and O–H groups in total. The average Bonchev–Trinajstić information content (AvgIpc) is 2.84. The Morgan fingerprint density at radius 2 is 2.04 bits per heavy atom. The van der Waals surface area contributed by atoms with E-state index >= 15 is 0 Å². The molecule has 1 aromatic rings. The van der Waals surface area contributed by atoms with Crippen LogP contribution in [0.15, 0.2) is 24.3 Å². The Hall–Kier alpha value is -2.64. The van der Waals surface area contributed by atoms with Crippen molar-refractivity contribution in [2.24, 2.45) is 0 Å². The summed E-state index contributed by atoms with van der Waals surface area (Å²) in [5.74, 6) is -0.749. The second-order valence-electron chi connectivity index (χ2n) is 5.27. The molecule has 124 valence electrons. The molecule has 1 fully saturated rings. The van der Waals surface area contributed by atoms with Crippen molar-refractivity contribution in [3.8, 4) is 0 Å². The van der Waals surface area contributed by atoms with E-state index in [1.165, 1.54) is 30.0 Å². The van der Waals surface area contributed by atoms with Gasteiger partial charge in [-0.3, -0.25) is 9.59 Å². The van der Waals surface area contributed by atoms with Gasteiger partial charge in [0.1, 0.15) is 5.82 Å². The third-order valence-electron chi connectivity index (χ3n) is 3.36. The molecule has 1 heterocycles. The molecule has 0 aromatic heterocycles. The zero-order valence-electron chi connectivity index (χ0n) is 12.8. The van der Waals surface area contributed by atoms with Crippen molar-refractivity contribution in [1.82, 2.24) is 16.0 Å². The standard InChI is InChI=1S/C15H19FN4O3/c1-10(21)17-5-6-18-15(23)19-12-8-14(22)20(9-12)13-4-2-3-11(16)7-13/h2-4,7,12H,5-6,8-9H2,1H3,(H,17,21)(H2,18,19,23)/t12-/m1/s1. The molecule has 0 bridgehead atoms. The molecular formula is C15H19FN4O3. The van der Waals surface area contributed by atoms with Crippen LogP contribution >= 0.6 is 0 Å². The van der Waals surface area contributed by atoms with Gasteiger partial charge in [0.15, 0.2) is 0 Å². The monoisotopic (exact) mass is 322 g/mol. The van der Waals surface area contributed by atoms with E-state index in [0.717, 1.165) is 0 Å². The highest BCUT2D eigenvalue weighted by atomic mass is 19.1. The number of nitrogens with zero attached hydrogens (tertiary/aromatic N) is 1. The van der Waals surface area contributed by atoms with Crippen LogP contribution in [0.2, 0.25) is 0 Å². The number of hydrogen-bond acceptors (Lipinski definition) is 3. The number of rotatable bonds is 5. The summed E-state index contributed by atoms with van der Waals surface area (Å²) in [4.78, 5) is 35.9. The van der Waals surface area contributed by atoms with E-state index in [1.807, 2.05) is 0 Å². The van der Waals surface area contributed by atoms with E-state index in [0.29, 0.717) is 25.3 Å². The first-order valence-corrected chi connectivity index (χ1v) is 7.30. The summed E-state index contributed by atoms with van der Waals surface area (Å²) < 4.78 is 13.2. The third kappa shape index (κ3) is 4.94. The van der Waals surface area contributed by atoms with Crippen molar-refractivity contribution in [2.45, 2.75) is 19.4 Å². The van der Waals surface area contributed by atoms with Crippen LogP contribution in [0.5, 0.6) is 0 Å². The molecule has 0 spiro atoms. The van der Waals surface area contributed by atoms with Crippen molar-refractivity contribution < 1.29 is 18.8 Å². The van der Waals surface area contributed by atoms with Crippen molar-refractivity contribution in [2.75, 3.05) is 24.5 Å². The van der Waals surface area contributed by atoms with Crippen molar-refractivity contribution >= 4 is 23.5 Å². The number of amides is 4. The van der Waals surface area contributed by atoms with Gasteiger partial charge in [-0.05, 0) is 18.2 Å². The zero-order chi connectivity index (χ0) is 16.8. The number of carbonyl (C=O) groups is 3. The number of carbonyl (C=O) groups excluding carboxylic acids is 3. The second-order valence-corrected chi connectivity index (χ2v) is 5.27. The summed E-state index contributed by atoms with van der Waals surface area (Å²) in [6, 6.07) is 5.03. The van der Waals surface area contributed by atoms with Crippen LogP contribution in [-0.4, -0.2) is 43.5 Å². The Kier molecular flexibility index (Phi) is 5.51. The Morgan fingerprint density at radius 1 is 1.30 bits per heavy atom. The quantitative estimate of drug-likeness (QED) is 0.684. The Labute approximate surface area is 133 Å². The minimum atomic E-state index is -0.414. The highest BCUT2D eigenvalue weighted by molar-refractivity contribution is 5.96. The normalized spacial score (nSPS) is 17.0. The summed E-state index contributed by atoms with van der Waals surface area (Å²) in [6.07, 6.45) is 0.162. The number of urea groups is 1. The molecule has 0 unspecified atom stereocenters. The fourth-order valence-electron chi connectivity index (χ4n) is 2.35. The minimum absolute atomic E-state index is 0.162. The molecule has 1 saturated heterocycles. The maximum Gasteiger partial charge on any atom is 0.315 e. The van der Waals surface area contributed by atoms with Crippen LogP contribution in [0, 0.1) is 5.82 Å². The lowest BCUT2D eigenvalue weighted by Crippen LogP contribution is -2.45. The fourth-order valence-corrected chi connectivity index (χ4v) is 2.35. The molecule has 0 aliphatic carbocycles. The average molecular weight is 322 g/mol. The fraction of sp³-hybridized carbons (Fsp3) is 0.400. The van der Waals surface area contributed by atoms with Gasteiger partial charge in [-0.2, -0.15) is 0 Å². The minimum Gasteiger partial charge on any atom is -0.355 e. The molecular weight excluding hydrogens is 303 g/mol. The van der Waals surface area contributed by atoms with Crippen molar-refractivity contribution in [1.29, 1.82) is 0 Å². The summed E-state index contributed by atoms with van der Waals surface area (Å²) in [7, 11) is 0. The first kappa shape index (κ1) is 16.7. The Balaban J connectivity index is 1.81. The van der Waals surface area contributed by atoms with Crippen LogP contribution in [-0.2, 0) is 9.59 Å². The molecule has 7 nitrogen and oxygen atoms in total. The van der Waals surface area contributed by atoms with Gasteiger partial charge in [-0.1, -0.05) is 6.07 Å². The van der Waals surface area contributed by atoms with Crippen molar-refractivity contribution in [3.05, 3.63) is 30.1 Å². The number of hydrogen-bond donors (Lipinski definition) is 3. The maximum absolute atomic E-state index is 13.2. The van der Waals surface area contributed by atoms with Crippen LogP contribution < -0.4 is 20.9 Å². The van der Waals surface area contributed by atoms with Gasteiger partial charge in [0, 0.05) is 38.7 Å². The first-order chi connectivity index (χ1) is 11.0. The van der Waals surface area contributed by atoms with E-state index < -0.39 is 11.8 Å². The number of benzene rings is 1. The smallest absolute Gasteiger partial charge is 0.315 e. The van der Waals surface area contributed by atoms with E-state index in [2.05, 4.69) is 16.0 Å². The molecule has 1 aliphatic heterocycles. The SMILES string of the molecule is CC(=O)NCCNC(=O)N[C@@H]1CC(=O)N(c2cccc(F)c2)C1. The summed E-state index contributed by atoms with van der Waals surface area (Å²) in [5.41, 5.74) is 0.477. The van der Waals surface area contributed by atoms with E-state index in [4.69, 9.17) is 0 Å². The lowest BCUT2D eigenvalue weighted by Gasteiger charge is -2.17. The summed E-state index contributed by atoms with van der Waals surface area (Å²) in [5, 5.41) is 7.84. The summed E-state index contributed by atoms with van der Waals surface area (Å²) in [6.45, 7) is 2.31. The van der Waals surface area contributed by atoms with Gasteiger partial charge < -0.3 is 20.9 Å². The van der Waals surface area contributed by atoms with Crippen molar-refractivity contribution in [3.63, 3.8) is 0 Å². The second kappa shape index (κ2) is 7.57. The molecule has 1 aromatic carbocycles. The highest BCUT2D eigenvalue weighted by Crippen LogP contribution is 2.22. The third-order valence-corrected chi connectivity index (χ3v) is 3.36. The number of anilines is 1. The predicted molar refractivity (Wildman–Crippen MR) is 82.4 cm³/mol. The van der Waals surface area contributed by atoms with Gasteiger partial charge in [-0.15, -0.1) is 0 Å². The van der Waals surface area contributed by atoms with Crippen LogP contribution in [0.3, 0.4) is 0 Å². The van der Waals surface area contributed by atoms with Gasteiger partial charge in [-0.25, -0.2) is 9.18 Å². The first-order valence-electron chi connectivity index (χ1n) is 7.30. The lowest BCUT2D eigenvalue weighted by molar-refractivity contribution is -0.119. The van der Waals surface area contributed by atoms with Gasteiger partial charge in [0.05, 0.1) is 6.04 Å². The van der Waals surface area contributed by atoms with E-state index in [1.54, 1.807) is 6.07 Å². The Bertz CT molecular complexity index is 608. The lowest BCUT2D eigenvalue weighted by atomic mass is 10.2. The van der Waals surface area contributed by atoms with Gasteiger partial charge in [0.25, 0.3) is 0 Å². The van der Waals surface area contributed by atoms with Gasteiger partial charge in [0.2, 0.25) is 11.8 Å². The largest absolute Gasteiger partial charge is 0.355 e.